The molecule has 1 fully saturated rings. The molecule has 0 N–H and O–H groups in total. The average molecular weight is 298 g/mol. The first-order valence-corrected chi connectivity index (χ1v) is 8.49. The Bertz CT molecular complexity index is 215. The predicted molar refractivity (Wildman–Crippen MR) is 74.7 cm³/mol. The SMILES string of the molecule is FC(F)(F)CCCCCCCCSCC1CCCO1. The standard InChI is InChI=1S/C14H25F3OS/c15-14(16,17)9-5-3-1-2-4-6-11-19-12-13-8-7-10-18-13/h13H,1-12H2. The van der Waals surface area contributed by atoms with E-state index in [1.807, 2.05) is 11.8 Å². The number of alkyl halides is 3. The van der Waals surface area contributed by atoms with E-state index in [1.165, 1.54) is 19.3 Å². The van der Waals surface area contributed by atoms with Gasteiger partial charge in [-0.15, -0.1) is 0 Å². The Morgan fingerprint density at radius 3 is 2.32 bits per heavy atom. The molecule has 0 radical (unpaired) electrons. The maximum Gasteiger partial charge on any atom is 0.389 e. The molecule has 0 aromatic carbocycles. The van der Waals surface area contributed by atoms with Crippen molar-refractivity contribution in [2.24, 2.45) is 0 Å². The van der Waals surface area contributed by atoms with E-state index in [4.69, 9.17) is 4.74 Å². The summed E-state index contributed by atoms with van der Waals surface area (Å²) in [5, 5.41) is 0. The molecular formula is C14H25F3OS. The molecule has 0 amide bonds. The monoisotopic (exact) mass is 298 g/mol. The van der Waals surface area contributed by atoms with Crippen LogP contribution in [0.2, 0.25) is 0 Å². The Hall–Kier alpha value is 0.1000. The van der Waals surface area contributed by atoms with Gasteiger partial charge < -0.3 is 4.74 Å². The first-order valence-electron chi connectivity index (χ1n) is 7.34. The first-order chi connectivity index (χ1) is 9.08. The van der Waals surface area contributed by atoms with E-state index in [1.54, 1.807) is 0 Å². The van der Waals surface area contributed by atoms with Crippen LogP contribution in [0.1, 0.15) is 57.8 Å². The van der Waals surface area contributed by atoms with Crippen molar-refractivity contribution >= 4 is 11.8 Å². The molecular weight excluding hydrogens is 273 g/mol. The van der Waals surface area contributed by atoms with Gasteiger partial charge in [0.05, 0.1) is 6.10 Å². The van der Waals surface area contributed by atoms with Crippen LogP contribution in [0.3, 0.4) is 0 Å². The van der Waals surface area contributed by atoms with Gasteiger partial charge in [-0.05, 0) is 31.4 Å². The normalized spacial score (nSPS) is 20.1. The summed E-state index contributed by atoms with van der Waals surface area (Å²) in [6.45, 7) is 0.920. The highest BCUT2D eigenvalue weighted by Crippen LogP contribution is 2.23. The lowest BCUT2D eigenvalue weighted by molar-refractivity contribution is -0.135. The summed E-state index contributed by atoms with van der Waals surface area (Å²) in [5.74, 6) is 2.26. The second kappa shape index (κ2) is 9.92. The van der Waals surface area contributed by atoms with Crippen molar-refractivity contribution in [3.63, 3.8) is 0 Å². The maximum atomic E-state index is 11.9. The minimum atomic E-state index is -3.97. The molecule has 1 heterocycles. The molecule has 0 aromatic heterocycles. The van der Waals surface area contributed by atoms with Crippen LogP contribution < -0.4 is 0 Å². The average Bonchev–Trinajstić information content (AvgIpc) is 2.83. The van der Waals surface area contributed by atoms with Crippen LogP contribution in [-0.4, -0.2) is 30.4 Å². The van der Waals surface area contributed by atoms with E-state index < -0.39 is 12.6 Å². The van der Waals surface area contributed by atoms with Crippen molar-refractivity contribution in [2.45, 2.75) is 70.1 Å². The Morgan fingerprint density at radius 2 is 1.68 bits per heavy atom. The topological polar surface area (TPSA) is 9.23 Å². The summed E-state index contributed by atoms with van der Waals surface area (Å²) in [6.07, 6.45) is 3.59. The fourth-order valence-electron chi connectivity index (χ4n) is 2.23. The zero-order valence-electron chi connectivity index (χ0n) is 11.5. The van der Waals surface area contributed by atoms with Crippen molar-refractivity contribution in [1.29, 1.82) is 0 Å². The number of rotatable bonds is 10. The predicted octanol–water partition coefficient (Wildman–Crippen LogP) is 5.19. The third-order valence-corrected chi connectivity index (χ3v) is 4.51. The van der Waals surface area contributed by atoms with E-state index in [2.05, 4.69) is 0 Å². The molecule has 0 bridgehead atoms. The van der Waals surface area contributed by atoms with Gasteiger partial charge in [0.1, 0.15) is 0 Å². The Labute approximate surface area is 118 Å². The molecule has 0 saturated carbocycles. The smallest absolute Gasteiger partial charge is 0.377 e. The molecule has 5 heteroatoms. The van der Waals surface area contributed by atoms with Crippen molar-refractivity contribution < 1.29 is 17.9 Å². The van der Waals surface area contributed by atoms with Crippen LogP contribution in [0.5, 0.6) is 0 Å². The van der Waals surface area contributed by atoms with Gasteiger partial charge in [-0.1, -0.05) is 25.7 Å². The van der Waals surface area contributed by atoms with E-state index in [0.29, 0.717) is 12.5 Å². The molecule has 1 aliphatic heterocycles. The Kier molecular flexibility index (Phi) is 8.95. The number of unbranched alkanes of at least 4 members (excludes halogenated alkanes) is 5. The fraction of sp³-hybridized carbons (Fsp3) is 1.00. The summed E-state index contributed by atoms with van der Waals surface area (Å²) in [7, 11) is 0. The van der Waals surface area contributed by atoms with Crippen LogP contribution in [-0.2, 0) is 4.74 Å². The molecule has 19 heavy (non-hydrogen) atoms. The highest BCUT2D eigenvalue weighted by atomic mass is 32.2. The molecule has 1 saturated heterocycles. The lowest BCUT2D eigenvalue weighted by Crippen LogP contribution is -2.08. The summed E-state index contributed by atoms with van der Waals surface area (Å²) < 4.78 is 41.2. The lowest BCUT2D eigenvalue weighted by Gasteiger charge is -2.08. The number of thioether (sulfide) groups is 1. The van der Waals surface area contributed by atoms with Gasteiger partial charge in [-0.3, -0.25) is 0 Å². The van der Waals surface area contributed by atoms with E-state index >= 15 is 0 Å². The van der Waals surface area contributed by atoms with Gasteiger partial charge in [0.15, 0.2) is 0 Å². The van der Waals surface area contributed by atoms with Crippen molar-refractivity contribution in [3.8, 4) is 0 Å². The third kappa shape index (κ3) is 10.5. The number of halogens is 3. The largest absolute Gasteiger partial charge is 0.389 e. The zero-order valence-corrected chi connectivity index (χ0v) is 12.3. The number of hydrogen-bond acceptors (Lipinski definition) is 2. The van der Waals surface area contributed by atoms with E-state index in [9.17, 15) is 13.2 Å². The molecule has 1 aliphatic rings. The summed E-state index contributed by atoms with van der Waals surface area (Å²) in [4.78, 5) is 0. The quantitative estimate of drug-likeness (QED) is 0.513. The van der Waals surface area contributed by atoms with Gasteiger partial charge in [0.2, 0.25) is 0 Å². The Balaban J connectivity index is 1.74. The Morgan fingerprint density at radius 1 is 1.00 bits per heavy atom. The minimum absolute atomic E-state index is 0.289. The van der Waals surface area contributed by atoms with E-state index in [-0.39, 0.29) is 6.42 Å². The molecule has 0 spiro atoms. The second-order valence-corrected chi connectivity index (χ2v) is 6.35. The third-order valence-electron chi connectivity index (χ3n) is 3.33. The van der Waals surface area contributed by atoms with Gasteiger partial charge in [0, 0.05) is 18.8 Å². The zero-order chi connectivity index (χ0) is 14.0. The summed E-state index contributed by atoms with van der Waals surface area (Å²) >= 11 is 1.95. The number of ether oxygens (including phenoxy) is 1. The maximum absolute atomic E-state index is 11.9. The van der Waals surface area contributed by atoms with Gasteiger partial charge in [-0.2, -0.15) is 24.9 Å². The second-order valence-electron chi connectivity index (χ2n) is 5.20. The van der Waals surface area contributed by atoms with Crippen LogP contribution in [0, 0.1) is 0 Å². The minimum Gasteiger partial charge on any atom is -0.377 e. The molecule has 1 unspecified atom stereocenters. The molecule has 1 rings (SSSR count). The van der Waals surface area contributed by atoms with E-state index in [0.717, 1.165) is 37.4 Å². The highest BCUT2D eigenvalue weighted by molar-refractivity contribution is 7.99. The fourth-order valence-corrected chi connectivity index (χ4v) is 3.33. The first kappa shape index (κ1) is 17.2. The molecule has 0 aliphatic carbocycles. The van der Waals surface area contributed by atoms with Crippen molar-refractivity contribution in [2.75, 3.05) is 18.1 Å². The van der Waals surface area contributed by atoms with Crippen LogP contribution >= 0.6 is 11.8 Å². The van der Waals surface area contributed by atoms with Gasteiger partial charge in [0.25, 0.3) is 0 Å². The van der Waals surface area contributed by atoms with Crippen molar-refractivity contribution in [1.82, 2.24) is 0 Å². The number of hydrogen-bond donors (Lipinski definition) is 0. The van der Waals surface area contributed by atoms with Gasteiger partial charge >= 0.3 is 6.18 Å². The van der Waals surface area contributed by atoms with Crippen LogP contribution in [0.4, 0.5) is 13.2 Å². The van der Waals surface area contributed by atoms with Crippen LogP contribution in [0.25, 0.3) is 0 Å². The molecule has 0 aromatic rings. The molecule has 1 atom stereocenters. The molecule has 1 nitrogen and oxygen atoms in total. The summed E-state index contributed by atoms with van der Waals surface area (Å²) in [6, 6.07) is 0. The molecule has 114 valence electrons. The van der Waals surface area contributed by atoms with Gasteiger partial charge in [-0.25, -0.2) is 0 Å². The van der Waals surface area contributed by atoms with Crippen molar-refractivity contribution in [3.05, 3.63) is 0 Å². The van der Waals surface area contributed by atoms with Crippen LogP contribution in [0.15, 0.2) is 0 Å². The lowest BCUT2D eigenvalue weighted by atomic mass is 10.1. The highest BCUT2D eigenvalue weighted by Gasteiger charge is 2.25. The summed E-state index contributed by atoms with van der Waals surface area (Å²) in [5.41, 5.74) is 0.